The van der Waals surface area contributed by atoms with Crippen LogP contribution in [0.15, 0.2) is 82.0 Å². The maximum Gasteiger partial charge on any atom is 0.257 e. The predicted octanol–water partition coefficient (Wildman–Crippen LogP) is 5.04. The van der Waals surface area contributed by atoms with Gasteiger partial charge in [0, 0.05) is 43.0 Å². The number of amides is 1. The van der Waals surface area contributed by atoms with Crippen molar-refractivity contribution in [2.75, 3.05) is 31.1 Å². The molecule has 0 atom stereocenters. The lowest BCUT2D eigenvalue weighted by Gasteiger charge is -2.36. The van der Waals surface area contributed by atoms with Gasteiger partial charge in [0.25, 0.3) is 5.91 Å². The Labute approximate surface area is 192 Å². The standard InChI is InChI=1S/C28H26N2O3/c1-19-8-6-11-22(18-19)29-14-16-30(17-15-29)28(32)24-13-7-12-23-25(31)20(2)26(33-27(23)24)21-9-4-3-5-10-21/h3-13,18H,14-17H2,1-2H3. The number of fused-ring (bicyclic) bond motifs is 1. The fourth-order valence-electron chi connectivity index (χ4n) is 4.51. The summed E-state index contributed by atoms with van der Waals surface area (Å²) in [5, 5.41) is 0.441. The molecule has 1 aromatic heterocycles. The molecule has 0 spiro atoms. The van der Waals surface area contributed by atoms with E-state index in [-0.39, 0.29) is 11.3 Å². The van der Waals surface area contributed by atoms with Crippen LogP contribution in [0.5, 0.6) is 0 Å². The second kappa shape index (κ2) is 8.58. The lowest BCUT2D eigenvalue weighted by atomic mass is 10.0. The molecule has 0 bridgehead atoms. The fraction of sp³-hybridized carbons (Fsp3) is 0.214. The molecule has 0 unspecified atom stereocenters. The van der Waals surface area contributed by atoms with E-state index >= 15 is 0 Å². The molecule has 1 fully saturated rings. The number of carbonyl (C=O) groups excluding carboxylic acids is 1. The molecule has 0 saturated carbocycles. The van der Waals surface area contributed by atoms with Gasteiger partial charge in [0.05, 0.1) is 10.9 Å². The highest BCUT2D eigenvalue weighted by Gasteiger charge is 2.25. The van der Waals surface area contributed by atoms with E-state index in [1.807, 2.05) is 35.2 Å². The van der Waals surface area contributed by atoms with Crippen LogP contribution >= 0.6 is 0 Å². The third-order valence-electron chi connectivity index (χ3n) is 6.35. The van der Waals surface area contributed by atoms with E-state index in [9.17, 15) is 9.59 Å². The van der Waals surface area contributed by atoms with E-state index in [4.69, 9.17) is 4.42 Å². The van der Waals surface area contributed by atoms with Crippen LogP contribution in [0.3, 0.4) is 0 Å². The number of hydrogen-bond donors (Lipinski definition) is 0. The molecule has 5 rings (SSSR count). The summed E-state index contributed by atoms with van der Waals surface area (Å²) >= 11 is 0. The van der Waals surface area contributed by atoms with Crippen LogP contribution in [0.1, 0.15) is 21.5 Å². The van der Waals surface area contributed by atoms with E-state index in [2.05, 4.69) is 36.1 Å². The highest BCUT2D eigenvalue weighted by Crippen LogP contribution is 2.28. The molecule has 166 valence electrons. The first-order chi connectivity index (χ1) is 16.0. The Morgan fingerprint density at radius 3 is 2.30 bits per heavy atom. The maximum atomic E-state index is 13.5. The number of carbonyl (C=O) groups is 1. The van der Waals surface area contributed by atoms with E-state index in [1.165, 1.54) is 11.3 Å². The summed E-state index contributed by atoms with van der Waals surface area (Å²) < 4.78 is 6.25. The zero-order valence-electron chi connectivity index (χ0n) is 18.9. The Hall–Kier alpha value is -3.86. The Bertz CT molecular complexity index is 1380. The number of para-hydroxylation sites is 1. The predicted molar refractivity (Wildman–Crippen MR) is 132 cm³/mol. The largest absolute Gasteiger partial charge is 0.455 e. The van der Waals surface area contributed by atoms with Crippen molar-refractivity contribution in [1.82, 2.24) is 4.90 Å². The van der Waals surface area contributed by atoms with Gasteiger partial charge in [0.2, 0.25) is 0 Å². The number of benzene rings is 3. The molecule has 5 heteroatoms. The SMILES string of the molecule is Cc1cccc(N2CCN(C(=O)c3cccc4c(=O)c(C)c(-c5ccccc5)oc34)CC2)c1. The van der Waals surface area contributed by atoms with Gasteiger partial charge in [-0.15, -0.1) is 0 Å². The minimum absolute atomic E-state index is 0.101. The third kappa shape index (κ3) is 3.91. The molecule has 0 aliphatic carbocycles. The molecule has 5 nitrogen and oxygen atoms in total. The van der Waals surface area contributed by atoms with Crippen LogP contribution in [0, 0.1) is 13.8 Å². The van der Waals surface area contributed by atoms with Crippen molar-refractivity contribution >= 4 is 22.6 Å². The minimum Gasteiger partial charge on any atom is -0.455 e. The fourth-order valence-corrected chi connectivity index (χ4v) is 4.51. The molecule has 1 amide bonds. The van der Waals surface area contributed by atoms with Gasteiger partial charge in [0.15, 0.2) is 11.0 Å². The van der Waals surface area contributed by atoms with Gasteiger partial charge in [-0.1, -0.05) is 48.5 Å². The lowest BCUT2D eigenvalue weighted by Crippen LogP contribution is -2.48. The Balaban J connectivity index is 1.47. The first-order valence-electron chi connectivity index (χ1n) is 11.3. The van der Waals surface area contributed by atoms with E-state index in [1.54, 1.807) is 25.1 Å². The van der Waals surface area contributed by atoms with Crippen LogP contribution in [-0.4, -0.2) is 37.0 Å². The molecule has 1 aliphatic rings. The zero-order chi connectivity index (χ0) is 22.9. The number of nitrogens with zero attached hydrogens (tertiary/aromatic N) is 2. The Kier molecular flexibility index (Phi) is 5.47. The average Bonchev–Trinajstić information content (AvgIpc) is 2.86. The summed E-state index contributed by atoms with van der Waals surface area (Å²) in [6.45, 7) is 6.61. The topological polar surface area (TPSA) is 53.8 Å². The lowest BCUT2D eigenvalue weighted by molar-refractivity contribution is 0.0747. The molecular weight excluding hydrogens is 412 g/mol. The molecule has 0 N–H and O–H groups in total. The minimum atomic E-state index is -0.103. The van der Waals surface area contributed by atoms with Crippen LogP contribution in [0.4, 0.5) is 5.69 Å². The van der Waals surface area contributed by atoms with E-state index in [0.717, 1.165) is 18.7 Å². The van der Waals surface area contributed by atoms with Gasteiger partial charge < -0.3 is 14.2 Å². The normalized spacial score (nSPS) is 14.0. The summed E-state index contributed by atoms with van der Waals surface area (Å²) in [7, 11) is 0. The molecule has 3 aromatic carbocycles. The van der Waals surface area contributed by atoms with E-state index in [0.29, 0.717) is 40.9 Å². The second-order valence-corrected chi connectivity index (χ2v) is 8.55. The summed E-state index contributed by atoms with van der Waals surface area (Å²) in [5.74, 6) is 0.410. The van der Waals surface area contributed by atoms with Crippen LogP contribution in [0.2, 0.25) is 0 Å². The van der Waals surface area contributed by atoms with Gasteiger partial charge in [-0.25, -0.2) is 0 Å². The monoisotopic (exact) mass is 438 g/mol. The number of rotatable bonds is 3. The first kappa shape index (κ1) is 21.0. The first-order valence-corrected chi connectivity index (χ1v) is 11.3. The van der Waals surface area contributed by atoms with Crippen molar-refractivity contribution in [3.8, 4) is 11.3 Å². The van der Waals surface area contributed by atoms with Gasteiger partial charge in [-0.2, -0.15) is 0 Å². The molecule has 4 aromatic rings. The smallest absolute Gasteiger partial charge is 0.257 e. The number of anilines is 1. The second-order valence-electron chi connectivity index (χ2n) is 8.55. The number of piperazine rings is 1. The summed E-state index contributed by atoms with van der Waals surface area (Å²) in [6.07, 6.45) is 0. The van der Waals surface area contributed by atoms with Crippen LogP contribution in [-0.2, 0) is 0 Å². The number of hydrogen-bond acceptors (Lipinski definition) is 4. The molecule has 33 heavy (non-hydrogen) atoms. The molecule has 1 aliphatic heterocycles. The van der Waals surface area contributed by atoms with Gasteiger partial charge >= 0.3 is 0 Å². The van der Waals surface area contributed by atoms with Crippen molar-refractivity contribution in [3.63, 3.8) is 0 Å². The van der Waals surface area contributed by atoms with Crippen molar-refractivity contribution < 1.29 is 9.21 Å². The van der Waals surface area contributed by atoms with Crippen LogP contribution < -0.4 is 10.3 Å². The summed E-state index contributed by atoms with van der Waals surface area (Å²) in [6, 6.07) is 23.2. The number of aryl methyl sites for hydroxylation is 1. The summed E-state index contributed by atoms with van der Waals surface area (Å²) in [4.78, 5) is 30.8. The quantitative estimate of drug-likeness (QED) is 0.450. The van der Waals surface area contributed by atoms with Crippen molar-refractivity contribution in [3.05, 3.63) is 99.7 Å². The highest BCUT2D eigenvalue weighted by atomic mass is 16.3. The Morgan fingerprint density at radius 1 is 0.848 bits per heavy atom. The Morgan fingerprint density at radius 2 is 1.58 bits per heavy atom. The van der Waals surface area contributed by atoms with Crippen molar-refractivity contribution in [2.45, 2.75) is 13.8 Å². The molecule has 1 saturated heterocycles. The molecular formula is C28H26N2O3. The van der Waals surface area contributed by atoms with Crippen molar-refractivity contribution in [1.29, 1.82) is 0 Å². The van der Waals surface area contributed by atoms with E-state index < -0.39 is 0 Å². The van der Waals surface area contributed by atoms with Crippen molar-refractivity contribution in [2.24, 2.45) is 0 Å². The average molecular weight is 439 g/mol. The highest BCUT2D eigenvalue weighted by molar-refractivity contribution is 6.05. The maximum absolute atomic E-state index is 13.5. The van der Waals surface area contributed by atoms with Gasteiger partial charge in [0.1, 0.15) is 5.76 Å². The van der Waals surface area contributed by atoms with Crippen LogP contribution in [0.25, 0.3) is 22.3 Å². The third-order valence-corrected chi connectivity index (χ3v) is 6.35. The molecule has 2 heterocycles. The van der Waals surface area contributed by atoms with Gasteiger partial charge in [-0.3, -0.25) is 9.59 Å². The molecule has 0 radical (unpaired) electrons. The van der Waals surface area contributed by atoms with Gasteiger partial charge in [-0.05, 0) is 43.7 Å². The zero-order valence-corrected chi connectivity index (χ0v) is 18.9. The summed E-state index contributed by atoms with van der Waals surface area (Å²) in [5.41, 5.74) is 4.47.